The van der Waals surface area contributed by atoms with Crippen molar-refractivity contribution in [1.82, 2.24) is 39.9 Å². The van der Waals surface area contributed by atoms with Crippen molar-refractivity contribution in [2.75, 3.05) is 13.7 Å². The Bertz CT molecular complexity index is 1430. The van der Waals surface area contributed by atoms with Crippen molar-refractivity contribution in [2.24, 2.45) is 10.8 Å². The fourth-order valence-electron chi connectivity index (χ4n) is 3.46. The van der Waals surface area contributed by atoms with Gasteiger partial charge in [0.05, 0.1) is 23.7 Å². The van der Waals surface area contributed by atoms with Crippen LogP contribution in [0.1, 0.15) is 178 Å². The third-order valence-electron chi connectivity index (χ3n) is 7.62. The molecule has 56 heavy (non-hydrogen) atoms. The highest BCUT2D eigenvalue weighted by Crippen LogP contribution is 2.21. The summed E-state index contributed by atoms with van der Waals surface area (Å²) in [4.78, 5) is 33.4. The summed E-state index contributed by atoms with van der Waals surface area (Å²) in [5, 5.41) is 0. The fourth-order valence-corrected chi connectivity index (χ4v) is 3.46. The molecule has 0 aliphatic rings. The van der Waals surface area contributed by atoms with E-state index in [2.05, 4.69) is 171 Å². The second kappa shape index (κ2) is 24.1. The molecule has 9 nitrogen and oxygen atoms in total. The Labute approximate surface area is 344 Å². The summed E-state index contributed by atoms with van der Waals surface area (Å²) in [5.74, 6) is 1.74. The first-order valence-electron chi connectivity index (χ1n) is 19.9. The molecule has 0 bridgehead atoms. The van der Waals surface area contributed by atoms with Gasteiger partial charge in [0.25, 0.3) is 0 Å². The maximum atomic E-state index is 4.91. The van der Waals surface area contributed by atoms with Gasteiger partial charge in [-0.25, -0.2) is 19.9 Å². The Morgan fingerprint density at radius 1 is 0.464 bits per heavy atom. The van der Waals surface area contributed by atoms with Crippen LogP contribution in [0.4, 0.5) is 0 Å². The van der Waals surface area contributed by atoms with Gasteiger partial charge < -0.3 is 4.74 Å². The van der Waals surface area contributed by atoms with Crippen molar-refractivity contribution in [3.63, 3.8) is 0 Å². The molecule has 0 amide bonds. The van der Waals surface area contributed by atoms with Gasteiger partial charge in [-0.05, 0) is 48.1 Å². The van der Waals surface area contributed by atoms with Crippen LogP contribution in [0.15, 0.2) is 55.8 Å². The summed E-state index contributed by atoms with van der Waals surface area (Å²) >= 11 is 0. The quantitative estimate of drug-likeness (QED) is 0.186. The van der Waals surface area contributed by atoms with Gasteiger partial charge in [-0.15, -0.1) is 0 Å². The topological polar surface area (TPSA) is 112 Å². The number of methoxy groups -OCH3 is 1. The van der Waals surface area contributed by atoms with Gasteiger partial charge in [0.2, 0.25) is 0 Å². The molecule has 0 N–H and O–H groups in total. The summed E-state index contributed by atoms with van der Waals surface area (Å²) in [6, 6.07) is 0. The normalized spacial score (nSPS) is 11.7. The summed E-state index contributed by atoms with van der Waals surface area (Å²) in [5.41, 5.74) is 6.67. The predicted molar refractivity (Wildman–Crippen MR) is 238 cm³/mol. The zero-order valence-corrected chi connectivity index (χ0v) is 40.1. The van der Waals surface area contributed by atoms with Gasteiger partial charge in [0.1, 0.15) is 11.6 Å². The summed E-state index contributed by atoms with van der Waals surface area (Å²) in [6.07, 6.45) is 17.6. The molecule has 4 rings (SSSR count). The van der Waals surface area contributed by atoms with E-state index in [1.165, 1.54) is 12.0 Å². The molecular weight excluding hydrogens is 693 g/mol. The van der Waals surface area contributed by atoms with E-state index in [1.54, 1.807) is 31.9 Å². The van der Waals surface area contributed by atoms with Crippen LogP contribution >= 0.6 is 0 Å². The van der Waals surface area contributed by atoms with E-state index in [0.29, 0.717) is 10.8 Å². The molecule has 0 aliphatic carbocycles. The first-order chi connectivity index (χ1) is 25.2. The number of hydrogen-bond donors (Lipinski definition) is 0. The number of ether oxygens (including phenoxy) is 1. The highest BCUT2D eigenvalue weighted by molar-refractivity contribution is 5.15. The lowest BCUT2D eigenvalue weighted by molar-refractivity contribution is 0.116. The van der Waals surface area contributed by atoms with Gasteiger partial charge in [0.15, 0.2) is 0 Å². The van der Waals surface area contributed by atoms with Crippen molar-refractivity contribution in [1.29, 1.82) is 0 Å². The number of rotatable bonds is 1. The van der Waals surface area contributed by atoms with Gasteiger partial charge in [0, 0.05) is 79.1 Å². The van der Waals surface area contributed by atoms with Crippen LogP contribution in [-0.4, -0.2) is 53.6 Å². The van der Waals surface area contributed by atoms with Gasteiger partial charge in [-0.1, -0.05) is 138 Å². The minimum atomic E-state index is 0.0632. The number of hydrogen-bond acceptors (Lipinski definition) is 9. The first-order valence-corrected chi connectivity index (χ1v) is 19.9. The van der Waals surface area contributed by atoms with E-state index in [0.717, 1.165) is 40.9 Å². The van der Waals surface area contributed by atoms with E-state index in [1.807, 2.05) is 51.8 Å². The van der Waals surface area contributed by atoms with Crippen molar-refractivity contribution in [3.8, 4) is 0 Å². The number of aromatic nitrogens is 8. The third-order valence-corrected chi connectivity index (χ3v) is 7.62. The molecule has 4 aromatic heterocycles. The molecular formula is C47H82N8O. The average molecular weight is 775 g/mol. The van der Waals surface area contributed by atoms with E-state index >= 15 is 0 Å². The van der Waals surface area contributed by atoms with E-state index in [-0.39, 0.29) is 21.7 Å². The van der Waals surface area contributed by atoms with E-state index in [4.69, 9.17) is 4.74 Å². The fraction of sp³-hybridized carbons (Fsp3) is 0.660. The molecule has 9 heteroatoms. The molecule has 0 radical (unpaired) electrons. The van der Waals surface area contributed by atoms with Crippen LogP contribution in [0.5, 0.6) is 0 Å². The Balaban J connectivity index is 0. The largest absolute Gasteiger partial charge is 0.384 e. The molecule has 0 aromatic carbocycles. The van der Waals surface area contributed by atoms with Crippen LogP contribution in [0, 0.1) is 31.6 Å². The van der Waals surface area contributed by atoms with Crippen molar-refractivity contribution < 1.29 is 4.74 Å². The smallest absolute Gasteiger partial charge is 0.133 e. The molecule has 0 fully saturated rings. The van der Waals surface area contributed by atoms with E-state index < -0.39 is 0 Å². The molecule has 316 valence electrons. The highest BCUT2D eigenvalue weighted by atomic mass is 16.5. The van der Waals surface area contributed by atoms with Crippen molar-refractivity contribution in [2.45, 2.75) is 180 Å². The lowest BCUT2D eigenvalue weighted by atomic mass is 9.89. The lowest BCUT2D eigenvalue weighted by Crippen LogP contribution is -2.15. The average Bonchev–Trinajstić information content (AvgIpc) is 3.05. The number of aryl methyl sites for hydroxylation is 3. The third kappa shape index (κ3) is 28.7. The summed E-state index contributed by atoms with van der Waals surface area (Å²) in [6.45, 7) is 47.6. The molecule has 4 aromatic rings. The van der Waals surface area contributed by atoms with Crippen LogP contribution < -0.4 is 0 Å². The van der Waals surface area contributed by atoms with Crippen LogP contribution in [0.25, 0.3) is 0 Å². The lowest BCUT2D eigenvalue weighted by Gasteiger charge is -2.17. The molecule has 0 saturated carbocycles. The zero-order valence-electron chi connectivity index (χ0n) is 40.1. The Morgan fingerprint density at radius 2 is 0.929 bits per heavy atom. The Hall–Kier alpha value is -3.72. The van der Waals surface area contributed by atoms with Crippen LogP contribution in [0.3, 0.4) is 0 Å². The second-order valence-corrected chi connectivity index (χ2v) is 20.6. The molecule has 0 atom stereocenters. The summed E-state index contributed by atoms with van der Waals surface area (Å²) in [7, 11) is 1.73. The van der Waals surface area contributed by atoms with E-state index in [9.17, 15) is 0 Å². The molecule has 0 aliphatic heterocycles. The monoisotopic (exact) mass is 775 g/mol. The number of nitrogens with zero attached hydrogens (tertiary/aromatic N) is 8. The van der Waals surface area contributed by atoms with Gasteiger partial charge in [-0.2, -0.15) is 0 Å². The molecule has 0 saturated heterocycles. The highest BCUT2D eigenvalue weighted by Gasteiger charge is 2.17. The van der Waals surface area contributed by atoms with Gasteiger partial charge in [-0.3, -0.25) is 19.9 Å². The predicted octanol–water partition coefficient (Wildman–Crippen LogP) is 12.1. The maximum absolute atomic E-state index is 4.91. The molecule has 4 heterocycles. The van der Waals surface area contributed by atoms with Gasteiger partial charge >= 0.3 is 0 Å². The van der Waals surface area contributed by atoms with Crippen molar-refractivity contribution >= 4 is 0 Å². The molecule has 0 spiro atoms. The molecule has 0 unspecified atom stereocenters. The first kappa shape index (κ1) is 54.4. The SMILES string of the molecule is CC(C)(C)c1cnccn1.CCC(C)(C)C.COCC(C)(C)C.Cc1cnc(C(C)(C)C)cn1.Cc1cnc(C(C)(C)C)nc1.Cc1ncc(C(C)(C)C)cn1. The van der Waals surface area contributed by atoms with Crippen molar-refractivity contribution in [3.05, 3.63) is 95.6 Å². The maximum Gasteiger partial charge on any atom is 0.133 e. The minimum Gasteiger partial charge on any atom is -0.384 e. The van der Waals surface area contributed by atoms with Crippen LogP contribution in [0.2, 0.25) is 0 Å². The minimum absolute atomic E-state index is 0.0632. The standard InChI is InChI=1S/3C9H14N2.C8H12N2.C6H14O.C6H14/c1-7-10-5-8(6-11-7)9(2,3)4;1-7-5-11-8(6-10-7)9(2,3)4;1-7-5-10-8(11-6-7)9(2,3)4;1-8(2,3)7-6-9-4-5-10-7;1-6(2,3)5-7-4;1-5-6(2,3)4/h3*5-6H,1-4H3;4-6H,1-3H3;5H2,1-4H3;5H2,1-4H3. The Morgan fingerprint density at radius 3 is 1.20 bits per heavy atom. The summed E-state index contributed by atoms with van der Waals surface area (Å²) < 4.78 is 4.91. The van der Waals surface area contributed by atoms with Crippen LogP contribution in [-0.2, 0) is 26.4 Å². The zero-order chi connectivity index (χ0) is 44.2. The Kier molecular flexibility index (Phi) is 23.4. The second-order valence-electron chi connectivity index (χ2n) is 20.6.